The lowest BCUT2D eigenvalue weighted by Gasteiger charge is -2.26. The molecule has 0 unspecified atom stereocenters. The van der Waals surface area contributed by atoms with E-state index >= 15 is 0 Å². The van der Waals surface area contributed by atoms with Gasteiger partial charge in [0.05, 0.1) is 11.9 Å². The van der Waals surface area contributed by atoms with E-state index in [0.29, 0.717) is 17.0 Å². The SMILES string of the molecule is C=C(/C=C\c1c(F)ccc(Br)c1C)c1nnc2c3c(cnn12)N(C)CCC3. The van der Waals surface area contributed by atoms with E-state index in [1.165, 1.54) is 6.07 Å². The van der Waals surface area contributed by atoms with Crippen molar-refractivity contribution in [1.82, 2.24) is 19.8 Å². The molecular formula is C20H19BrFN5. The molecule has 3 aromatic rings. The number of fused-ring (bicyclic) bond motifs is 3. The number of hydrogen-bond acceptors (Lipinski definition) is 4. The number of aryl methyl sites for hydroxylation is 1. The molecule has 0 saturated heterocycles. The molecule has 0 fully saturated rings. The molecule has 0 radical (unpaired) electrons. The summed E-state index contributed by atoms with van der Waals surface area (Å²) in [6, 6.07) is 3.14. The molecule has 138 valence electrons. The highest BCUT2D eigenvalue weighted by molar-refractivity contribution is 9.10. The van der Waals surface area contributed by atoms with E-state index in [2.05, 4.69) is 49.8 Å². The lowest BCUT2D eigenvalue weighted by Crippen LogP contribution is -2.25. The van der Waals surface area contributed by atoms with E-state index in [0.717, 1.165) is 46.3 Å². The molecule has 5 nitrogen and oxygen atoms in total. The van der Waals surface area contributed by atoms with Crippen molar-refractivity contribution < 1.29 is 4.39 Å². The number of rotatable bonds is 3. The molecule has 1 aliphatic heterocycles. The Morgan fingerprint density at radius 3 is 2.96 bits per heavy atom. The Bertz CT molecular complexity index is 1090. The van der Waals surface area contributed by atoms with E-state index < -0.39 is 0 Å². The number of hydrogen-bond donors (Lipinski definition) is 0. The largest absolute Gasteiger partial charge is 0.373 e. The van der Waals surface area contributed by atoms with Crippen LogP contribution in [0, 0.1) is 12.7 Å². The van der Waals surface area contributed by atoms with Crippen LogP contribution in [0.25, 0.3) is 17.3 Å². The second kappa shape index (κ2) is 6.88. The Balaban J connectivity index is 1.71. The van der Waals surface area contributed by atoms with Gasteiger partial charge in [0.1, 0.15) is 5.82 Å². The van der Waals surface area contributed by atoms with Gasteiger partial charge in [-0.25, -0.2) is 4.39 Å². The summed E-state index contributed by atoms with van der Waals surface area (Å²) in [6.07, 6.45) is 7.35. The Kier molecular flexibility index (Phi) is 4.55. The second-order valence-corrected chi connectivity index (χ2v) is 7.57. The maximum Gasteiger partial charge on any atom is 0.184 e. The van der Waals surface area contributed by atoms with E-state index in [-0.39, 0.29) is 5.82 Å². The molecule has 0 N–H and O–H groups in total. The number of anilines is 1. The Morgan fingerprint density at radius 2 is 2.15 bits per heavy atom. The number of aromatic nitrogens is 4. The van der Waals surface area contributed by atoms with Gasteiger partial charge in [0, 0.05) is 34.8 Å². The Morgan fingerprint density at radius 1 is 1.33 bits per heavy atom. The quantitative estimate of drug-likeness (QED) is 0.579. The zero-order chi connectivity index (χ0) is 19.1. The fraction of sp³-hybridized carbons (Fsp3) is 0.250. The minimum absolute atomic E-state index is 0.277. The summed E-state index contributed by atoms with van der Waals surface area (Å²) in [5.74, 6) is 0.284. The third-order valence-corrected chi connectivity index (χ3v) is 5.84. The summed E-state index contributed by atoms with van der Waals surface area (Å²) in [4.78, 5) is 2.19. The fourth-order valence-electron chi connectivity index (χ4n) is 3.40. The van der Waals surface area contributed by atoms with Crippen molar-refractivity contribution in [2.24, 2.45) is 0 Å². The first-order valence-electron chi connectivity index (χ1n) is 8.73. The maximum atomic E-state index is 14.1. The third kappa shape index (κ3) is 3.06. The minimum Gasteiger partial charge on any atom is -0.373 e. The summed E-state index contributed by atoms with van der Waals surface area (Å²) in [7, 11) is 2.06. The van der Waals surface area contributed by atoms with Gasteiger partial charge >= 0.3 is 0 Å². The van der Waals surface area contributed by atoms with Crippen LogP contribution in [0.15, 0.2) is 35.5 Å². The zero-order valence-corrected chi connectivity index (χ0v) is 16.8. The van der Waals surface area contributed by atoms with E-state index in [4.69, 9.17) is 0 Å². The van der Waals surface area contributed by atoms with Crippen molar-refractivity contribution in [3.8, 4) is 0 Å². The van der Waals surface area contributed by atoms with Crippen LogP contribution in [-0.4, -0.2) is 33.4 Å². The lowest BCUT2D eigenvalue weighted by molar-refractivity contribution is 0.623. The highest BCUT2D eigenvalue weighted by Gasteiger charge is 2.20. The molecule has 0 spiro atoms. The van der Waals surface area contributed by atoms with Crippen molar-refractivity contribution in [2.75, 3.05) is 18.5 Å². The standard InChI is InChI=1S/C20H19BrFN5/c1-12(6-7-14-13(2)16(21)8-9-17(14)22)19-24-25-20-15-5-4-10-26(3)18(15)11-23-27(19)20/h6-9,11H,1,4-5,10H2,2-3H3/b7-6-. The number of benzene rings is 1. The fourth-order valence-corrected chi connectivity index (χ4v) is 3.74. The average molecular weight is 428 g/mol. The van der Waals surface area contributed by atoms with Gasteiger partial charge in [0.15, 0.2) is 11.5 Å². The molecule has 2 aromatic heterocycles. The number of allylic oxidation sites excluding steroid dienone is 2. The van der Waals surface area contributed by atoms with Gasteiger partial charge < -0.3 is 4.90 Å². The van der Waals surface area contributed by atoms with Crippen molar-refractivity contribution in [3.63, 3.8) is 0 Å². The van der Waals surface area contributed by atoms with Crippen LogP contribution in [0.2, 0.25) is 0 Å². The van der Waals surface area contributed by atoms with E-state index in [1.54, 1.807) is 22.7 Å². The summed E-state index contributed by atoms with van der Waals surface area (Å²) in [6.45, 7) is 6.96. The highest BCUT2D eigenvalue weighted by Crippen LogP contribution is 2.29. The van der Waals surface area contributed by atoms with Crippen LogP contribution < -0.4 is 4.90 Å². The molecule has 0 bridgehead atoms. The van der Waals surface area contributed by atoms with Gasteiger partial charge in [0.25, 0.3) is 0 Å². The molecule has 3 heterocycles. The molecule has 4 rings (SSSR count). The average Bonchev–Trinajstić information content (AvgIpc) is 3.09. The predicted molar refractivity (Wildman–Crippen MR) is 109 cm³/mol. The monoisotopic (exact) mass is 427 g/mol. The first kappa shape index (κ1) is 17.9. The van der Waals surface area contributed by atoms with Gasteiger partial charge in [0.2, 0.25) is 0 Å². The lowest BCUT2D eigenvalue weighted by atomic mass is 10.1. The van der Waals surface area contributed by atoms with Crippen LogP contribution >= 0.6 is 15.9 Å². The van der Waals surface area contributed by atoms with E-state index in [9.17, 15) is 4.39 Å². The van der Waals surface area contributed by atoms with Crippen molar-refractivity contribution >= 4 is 38.9 Å². The molecule has 1 aromatic carbocycles. The third-order valence-electron chi connectivity index (χ3n) is 4.98. The molecule has 0 saturated carbocycles. The van der Waals surface area contributed by atoms with Crippen LogP contribution in [0.5, 0.6) is 0 Å². The normalized spacial score (nSPS) is 14.1. The highest BCUT2D eigenvalue weighted by atomic mass is 79.9. The Hall–Kier alpha value is -2.54. The van der Waals surface area contributed by atoms with Crippen LogP contribution in [0.4, 0.5) is 10.1 Å². The van der Waals surface area contributed by atoms with Crippen molar-refractivity contribution in [2.45, 2.75) is 19.8 Å². The number of nitrogens with zero attached hydrogens (tertiary/aromatic N) is 5. The topological polar surface area (TPSA) is 46.3 Å². The molecule has 0 atom stereocenters. The van der Waals surface area contributed by atoms with Gasteiger partial charge in [-0.15, -0.1) is 10.2 Å². The van der Waals surface area contributed by atoms with Gasteiger partial charge in [-0.05, 0) is 37.5 Å². The molecule has 1 aliphatic rings. The smallest absolute Gasteiger partial charge is 0.184 e. The van der Waals surface area contributed by atoms with Gasteiger partial charge in [-0.1, -0.05) is 34.7 Å². The van der Waals surface area contributed by atoms with Crippen molar-refractivity contribution in [1.29, 1.82) is 0 Å². The molecule has 27 heavy (non-hydrogen) atoms. The van der Waals surface area contributed by atoms with E-state index in [1.807, 2.05) is 13.1 Å². The predicted octanol–water partition coefficient (Wildman–Crippen LogP) is 4.44. The van der Waals surface area contributed by atoms with Crippen molar-refractivity contribution in [3.05, 3.63) is 63.8 Å². The maximum absolute atomic E-state index is 14.1. The summed E-state index contributed by atoms with van der Waals surface area (Å²) in [5, 5.41) is 13.1. The Labute approximate surface area is 165 Å². The molecular weight excluding hydrogens is 409 g/mol. The van der Waals surface area contributed by atoms with Gasteiger partial charge in [-0.3, -0.25) is 0 Å². The van der Waals surface area contributed by atoms with Crippen LogP contribution in [0.3, 0.4) is 0 Å². The molecule has 7 heteroatoms. The molecule has 0 aliphatic carbocycles. The number of halogens is 2. The first-order valence-corrected chi connectivity index (χ1v) is 9.53. The van der Waals surface area contributed by atoms with Crippen LogP contribution in [-0.2, 0) is 6.42 Å². The molecule has 0 amide bonds. The van der Waals surface area contributed by atoms with Gasteiger partial charge in [-0.2, -0.15) is 9.61 Å². The summed E-state index contributed by atoms with van der Waals surface area (Å²) < 4.78 is 16.7. The summed E-state index contributed by atoms with van der Waals surface area (Å²) in [5.41, 5.74) is 4.99. The minimum atomic E-state index is -0.277. The zero-order valence-electron chi connectivity index (χ0n) is 15.2. The first-order chi connectivity index (χ1) is 13.0. The van der Waals surface area contributed by atoms with Crippen LogP contribution in [0.1, 0.15) is 28.9 Å². The summed E-state index contributed by atoms with van der Waals surface area (Å²) >= 11 is 3.43. The second-order valence-electron chi connectivity index (χ2n) is 6.72.